The highest BCUT2D eigenvalue weighted by atomic mass is 32.2. The second-order valence-electron chi connectivity index (χ2n) is 5.83. The van der Waals surface area contributed by atoms with Gasteiger partial charge in [-0.05, 0) is 43.8 Å². The number of nitrogens with zero attached hydrogens (tertiary/aromatic N) is 2. The van der Waals surface area contributed by atoms with Crippen molar-refractivity contribution in [3.63, 3.8) is 0 Å². The summed E-state index contributed by atoms with van der Waals surface area (Å²) < 4.78 is 3.50. The van der Waals surface area contributed by atoms with Crippen molar-refractivity contribution >= 4 is 23.6 Å². The Morgan fingerprint density at radius 2 is 2.36 bits per heavy atom. The molecule has 1 aromatic heterocycles. The third-order valence-corrected chi connectivity index (χ3v) is 5.19. The zero-order valence-corrected chi connectivity index (χ0v) is 13.9. The minimum Gasteiger partial charge on any atom is -0.370 e. The van der Waals surface area contributed by atoms with Crippen molar-refractivity contribution in [1.82, 2.24) is 9.71 Å². The van der Waals surface area contributed by atoms with Crippen LogP contribution in [0.25, 0.3) is 0 Å². The molecule has 2 atom stereocenters. The van der Waals surface area contributed by atoms with E-state index in [-0.39, 0.29) is 4.75 Å². The topological polar surface area (TPSA) is 49.3 Å². The van der Waals surface area contributed by atoms with Crippen molar-refractivity contribution in [2.24, 2.45) is 10.9 Å². The average molecular weight is 314 g/mol. The van der Waals surface area contributed by atoms with E-state index in [0.717, 1.165) is 31.2 Å². The number of anilines is 1. The number of amidine groups is 1. The van der Waals surface area contributed by atoms with Gasteiger partial charge in [-0.25, -0.2) is 4.98 Å². The first-order valence-corrected chi connectivity index (χ1v) is 8.50. The lowest BCUT2D eigenvalue weighted by molar-refractivity contribution is 0.699. The minimum atomic E-state index is 0.108. The molecule has 4 nitrogen and oxygen atoms in total. The Morgan fingerprint density at radius 1 is 1.45 bits per heavy atom. The quantitative estimate of drug-likeness (QED) is 0.646. The van der Waals surface area contributed by atoms with E-state index < -0.39 is 0 Å². The molecule has 22 heavy (non-hydrogen) atoms. The van der Waals surface area contributed by atoms with Gasteiger partial charge in [0.15, 0.2) is 0 Å². The number of nitrogens with one attached hydrogen (secondary N) is 2. The zero-order valence-electron chi connectivity index (χ0n) is 13.0. The molecule has 1 fully saturated rings. The number of aryl methyl sites for hydroxylation is 1. The monoisotopic (exact) mass is 314 g/mol. The molecule has 2 N–H and O–H groups in total. The first-order valence-electron chi connectivity index (χ1n) is 7.69. The number of hydrogen-bond acceptors (Lipinski definition) is 4. The number of rotatable bonds is 5. The molecule has 0 saturated carbocycles. The summed E-state index contributed by atoms with van der Waals surface area (Å²) >= 11 is 1.75. The predicted octanol–water partition coefficient (Wildman–Crippen LogP) is 3.34. The average Bonchev–Trinajstić information content (AvgIpc) is 2.86. The van der Waals surface area contributed by atoms with Crippen LogP contribution in [0.2, 0.25) is 0 Å². The summed E-state index contributed by atoms with van der Waals surface area (Å²) in [6, 6.07) is 4.03. The molecule has 1 saturated heterocycles. The fraction of sp³-hybridized carbons (Fsp3) is 0.412. The summed E-state index contributed by atoms with van der Waals surface area (Å²) in [6.45, 7) is 6.04. The van der Waals surface area contributed by atoms with Crippen LogP contribution in [0.15, 0.2) is 47.6 Å². The van der Waals surface area contributed by atoms with Crippen molar-refractivity contribution in [2.75, 3.05) is 18.4 Å². The number of aliphatic imine (C=N–C) groups is 1. The van der Waals surface area contributed by atoms with Crippen LogP contribution in [0.5, 0.6) is 0 Å². The van der Waals surface area contributed by atoms with Crippen molar-refractivity contribution < 1.29 is 0 Å². The van der Waals surface area contributed by atoms with Gasteiger partial charge in [-0.2, -0.15) is 0 Å². The van der Waals surface area contributed by atoms with Crippen LogP contribution in [-0.4, -0.2) is 28.7 Å². The third kappa shape index (κ3) is 3.19. The van der Waals surface area contributed by atoms with Gasteiger partial charge in [0, 0.05) is 19.3 Å². The molecule has 0 radical (unpaired) electrons. The van der Waals surface area contributed by atoms with Gasteiger partial charge in [0.05, 0.1) is 10.7 Å². The molecule has 1 aliphatic carbocycles. The first-order chi connectivity index (χ1) is 10.7. The Labute approximate surface area is 136 Å². The maximum absolute atomic E-state index is 4.75. The molecule has 2 heterocycles. The smallest absolute Gasteiger partial charge is 0.128 e. The largest absolute Gasteiger partial charge is 0.370 e. The Morgan fingerprint density at radius 3 is 3.23 bits per heavy atom. The van der Waals surface area contributed by atoms with E-state index >= 15 is 0 Å². The van der Waals surface area contributed by atoms with Crippen LogP contribution in [0.4, 0.5) is 5.82 Å². The van der Waals surface area contributed by atoms with E-state index in [9.17, 15) is 0 Å². The normalized spacial score (nSPS) is 27.7. The van der Waals surface area contributed by atoms with Gasteiger partial charge >= 0.3 is 0 Å². The van der Waals surface area contributed by atoms with Crippen molar-refractivity contribution in [2.45, 2.75) is 25.0 Å². The van der Waals surface area contributed by atoms with Gasteiger partial charge in [0.2, 0.25) is 0 Å². The highest BCUT2D eigenvalue weighted by Gasteiger charge is 2.41. The molecule has 2 unspecified atom stereocenters. The van der Waals surface area contributed by atoms with Gasteiger partial charge in [0.25, 0.3) is 0 Å². The van der Waals surface area contributed by atoms with E-state index in [2.05, 4.69) is 59.2 Å². The molecule has 0 spiro atoms. The fourth-order valence-corrected chi connectivity index (χ4v) is 3.67. The molecule has 0 bridgehead atoms. The van der Waals surface area contributed by atoms with Gasteiger partial charge in [-0.3, -0.25) is 4.99 Å². The van der Waals surface area contributed by atoms with E-state index in [4.69, 9.17) is 4.99 Å². The summed E-state index contributed by atoms with van der Waals surface area (Å²) in [6.07, 6.45) is 11.5. The first kappa shape index (κ1) is 15.2. The Bertz CT molecular complexity index is 623. The maximum atomic E-state index is 4.75. The van der Waals surface area contributed by atoms with Gasteiger partial charge in [-0.1, -0.05) is 30.4 Å². The summed E-state index contributed by atoms with van der Waals surface area (Å²) in [5.74, 6) is 2.44. The lowest BCUT2D eigenvalue weighted by atomic mass is 9.88. The van der Waals surface area contributed by atoms with Crippen LogP contribution in [0, 0.1) is 12.8 Å². The lowest BCUT2D eigenvalue weighted by Gasteiger charge is -2.24. The van der Waals surface area contributed by atoms with Gasteiger partial charge in [-0.15, -0.1) is 0 Å². The Hall–Kier alpha value is -1.75. The maximum Gasteiger partial charge on any atom is 0.128 e. The Kier molecular flexibility index (Phi) is 4.52. The van der Waals surface area contributed by atoms with Crippen molar-refractivity contribution in [1.29, 1.82) is 0 Å². The Balaban J connectivity index is 1.48. The number of pyridine rings is 1. The molecule has 3 rings (SSSR count). The van der Waals surface area contributed by atoms with Gasteiger partial charge < -0.3 is 10.0 Å². The van der Waals surface area contributed by atoms with Crippen LogP contribution in [-0.2, 0) is 0 Å². The second kappa shape index (κ2) is 6.57. The van der Waals surface area contributed by atoms with E-state index in [0.29, 0.717) is 5.92 Å². The second-order valence-corrected chi connectivity index (χ2v) is 7.11. The van der Waals surface area contributed by atoms with Crippen LogP contribution < -0.4 is 10.0 Å². The highest BCUT2D eigenvalue weighted by Crippen LogP contribution is 2.41. The molecule has 0 aromatic carbocycles. The standard InChI is InChI=1S/C17H22N4S/c1-13-7-5-10-18-15(13)19-11-6-12-20-16-14-8-3-4-9-17(14,2)22-21-16/h3-5,7-10,14H,6,11-12H2,1-2H3,(H,18,19)(H,20,21). The van der Waals surface area contributed by atoms with E-state index in [1.807, 2.05) is 12.3 Å². The zero-order chi connectivity index (χ0) is 15.4. The number of fused-ring (bicyclic) bond motifs is 1. The SMILES string of the molecule is Cc1cccnc1NCCCN=C1NSC2(C)C=CC=CC12. The van der Waals surface area contributed by atoms with Crippen LogP contribution in [0.3, 0.4) is 0 Å². The highest BCUT2D eigenvalue weighted by molar-refractivity contribution is 8.00. The summed E-state index contributed by atoms with van der Waals surface area (Å²) in [5.41, 5.74) is 1.18. The van der Waals surface area contributed by atoms with Crippen molar-refractivity contribution in [3.8, 4) is 0 Å². The fourth-order valence-electron chi connectivity index (χ4n) is 2.69. The number of hydrogen-bond donors (Lipinski definition) is 2. The predicted molar refractivity (Wildman–Crippen MR) is 95.3 cm³/mol. The van der Waals surface area contributed by atoms with Crippen LogP contribution in [0.1, 0.15) is 18.9 Å². The molecule has 0 amide bonds. The van der Waals surface area contributed by atoms with Crippen molar-refractivity contribution in [3.05, 3.63) is 48.2 Å². The summed E-state index contributed by atoms with van der Waals surface area (Å²) in [7, 11) is 0. The lowest BCUT2D eigenvalue weighted by Crippen LogP contribution is -2.29. The van der Waals surface area contributed by atoms with Gasteiger partial charge in [0.1, 0.15) is 11.7 Å². The number of allylic oxidation sites excluding steroid dienone is 2. The molecule has 1 aliphatic heterocycles. The molecule has 2 aliphatic rings. The molecular weight excluding hydrogens is 292 g/mol. The van der Waals surface area contributed by atoms with E-state index in [1.54, 1.807) is 11.9 Å². The molecule has 5 heteroatoms. The minimum absolute atomic E-state index is 0.108. The molecule has 116 valence electrons. The summed E-state index contributed by atoms with van der Waals surface area (Å²) in [4.78, 5) is 9.08. The third-order valence-electron chi connectivity index (χ3n) is 4.05. The molecule has 1 aromatic rings. The molecular formula is C17H22N4S. The number of aromatic nitrogens is 1. The van der Waals surface area contributed by atoms with Crippen LogP contribution >= 0.6 is 11.9 Å². The van der Waals surface area contributed by atoms with E-state index in [1.165, 1.54) is 5.56 Å². The summed E-state index contributed by atoms with van der Waals surface area (Å²) in [5, 5.41) is 3.37.